The van der Waals surface area contributed by atoms with Crippen molar-refractivity contribution in [1.82, 2.24) is 0 Å². The number of hydrogen-bond acceptors (Lipinski definition) is 3. The van der Waals surface area contributed by atoms with E-state index in [-0.39, 0.29) is 29.5 Å². The molecule has 92 valence electrons. The monoisotopic (exact) mass is 226 g/mol. The molecule has 2 fully saturated rings. The van der Waals surface area contributed by atoms with Crippen LogP contribution in [0.2, 0.25) is 0 Å². The zero-order valence-corrected chi connectivity index (χ0v) is 10.4. The number of carbonyl (C=O) groups is 1. The van der Waals surface area contributed by atoms with Gasteiger partial charge in [0.25, 0.3) is 0 Å². The molecular formula is C13H22O3. The summed E-state index contributed by atoms with van der Waals surface area (Å²) in [5.41, 5.74) is 0.139. The first-order valence-electron chi connectivity index (χ1n) is 6.30. The van der Waals surface area contributed by atoms with Crippen LogP contribution in [0.1, 0.15) is 46.5 Å². The van der Waals surface area contributed by atoms with Gasteiger partial charge in [-0.1, -0.05) is 13.8 Å². The Morgan fingerprint density at radius 2 is 2.31 bits per heavy atom. The topological polar surface area (TPSA) is 46.5 Å². The molecule has 3 nitrogen and oxygen atoms in total. The molecule has 1 aliphatic carbocycles. The number of fused-ring (bicyclic) bond motifs is 1. The number of esters is 1. The summed E-state index contributed by atoms with van der Waals surface area (Å²) < 4.78 is 5.43. The summed E-state index contributed by atoms with van der Waals surface area (Å²) in [6.07, 6.45) is 3.71. The largest absolute Gasteiger partial charge is 0.462 e. The second-order valence-electron chi connectivity index (χ2n) is 6.03. The third kappa shape index (κ3) is 2.10. The van der Waals surface area contributed by atoms with Gasteiger partial charge in [-0.3, -0.25) is 4.79 Å². The van der Waals surface area contributed by atoms with Crippen molar-refractivity contribution < 1.29 is 14.6 Å². The first kappa shape index (κ1) is 11.9. The molecule has 1 saturated heterocycles. The van der Waals surface area contributed by atoms with Crippen LogP contribution in [-0.2, 0) is 9.53 Å². The molecule has 5 unspecified atom stereocenters. The quantitative estimate of drug-likeness (QED) is 0.734. The molecule has 0 bridgehead atoms. The molecular weight excluding hydrogens is 204 g/mol. The maximum Gasteiger partial charge on any atom is 0.309 e. The van der Waals surface area contributed by atoms with E-state index >= 15 is 0 Å². The molecule has 2 aliphatic rings. The molecule has 2 rings (SSSR count). The van der Waals surface area contributed by atoms with Crippen molar-refractivity contribution in [3.63, 3.8) is 0 Å². The number of hydrogen-bond donors (Lipinski definition) is 1. The van der Waals surface area contributed by atoms with Crippen molar-refractivity contribution in [2.24, 2.45) is 17.3 Å². The van der Waals surface area contributed by atoms with Crippen LogP contribution in [0.5, 0.6) is 0 Å². The molecule has 0 spiro atoms. The van der Waals surface area contributed by atoms with Crippen LogP contribution in [0, 0.1) is 17.3 Å². The summed E-state index contributed by atoms with van der Waals surface area (Å²) >= 11 is 0. The van der Waals surface area contributed by atoms with Crippen LogP contribution in [-0.4, -0.2) is 23.3 Å². The molecule has 5 atom stereocenters. The third-order valence-corrected chi connectivity index (χ3v) is 4.32. The van der Waals surface area contributed by atoms with E-state index in [4.69, 9.17) is 4.74 Å². The van der Waals surface area contributed by atoms with Gasteiger partial charge >= 0.3 is 5.97 Å². The molecule has 1 N–H and O–H groups in total. The molecule has 0 aromatic rings. The van der Waals surface area contributed by atoms with Crippen LogP contribution in [0.25, 0.3) is 0 Å². The molecule has 0 aromatic carbocycles. The normalized spacial score (nSPS) is 45.0. The number of rotatable bonds is 2. The van der Waals surface area contributed by atoms with Crippen molar-refractivity contribution >= 4 is 5.97 Å². The Hall–Kier alpha value is -0.570. The van der Waals surface area contributed by atoms with Gasteiger partial charge in [-0.2, -0.15) is 0 Å². The molecule has 0 aromatic heterocycles. The predicted molar refractivity (Wildman–Crippen MR) is 60.8 cm³/mol. The van der Waals surface area contributed by atoms with Crippen molar-refractivity contribution in [2.45, 2.75) is 58.7 Å². The lowest BCUT2D eigenvalue weighted by Crippen LogP contribution is -2.36. The second-order valence-corrected chi connectivity index (χ2v) is 6.03. The molecule has 0 radical (unpaired) electrons. The zero-order valence-electron chi connectivity index (χ0n) is 10.4. The fourth-order valence-corrected chi connectivity index (χ4v) is 3.47. The van der Waals surface area contributed by atoms with E-state index in [1.54, 1.807) is 0 Å². The minimum atomic E-state index is -0.268. The van der Waals surface area contributed by atoms with E-state index in [0.29, 0.717) is 5.92 Å². The SMILES string of the molecule is CC(O)CC1(C)CCC2C(C1)OC(=O)C2C. The molecule has 1 heterocycles. The van der Waals surface area contributed by atoms with Gasteiger partial charge in [-0.25, -0.2) is 0 Å². The van der Waals surface area contributed by atoms with Crippen molar-refractivity contribution in [3.8, 4) is 0 Å². The smallest absolute Gasteiger partial charge is 0.309 e. The van der Waals surface area contributed by atoms with Gasteiger partial charge in [0.15, 0.2) is 0 Å². The standard InChI is InChI=1S/C13H22O3/c1-8(14)6-13(3)5-4-10-9(2)12(15)16-11(10)7-13/h8-11,14H,4-7H2,1-3H3. The Morgan fingerprint density at radius 3 is 2.94 bits per heavy atom. The minimum Gasteiger partial charge on any atom is -0.462 e. The summed E-state index contributed by atoms with van der Waals surface area (Å²) in [7, 11) is 0. The fraction of sp³-hybridized carbons (Fsp3) is 0.923. The van der Waals surface area contributed by atoms with Gasteiger partial charge in [0.1, 0.15) is 6.10 Å². The minimum absolute atomic E-state index is 0.0312. The van der Waals surface area contributed by atoms with Crippen LogP contribution < -0.4 is 0 Å². The highest BCUT2D eigenvalue weighted by atomic mass is 16.6. The molecule has 16 heavy (non-hydrogen) atoms. The highest BCUT2D eigenvalue weighted by molar-refractivity contribution is 5.74. The average Bonchev–Trinajstić information content (AvgIpc) is 2.39. The lowest BCUT2D eigenvalue weighted by Gasteiger charge is -2.40. The Balaban J connectivity index is 2.04. The van der Waals surface area contributed by atoms with Crippen LogP contribution in [0.3, 0.4) is 0 Å². The first-order chi connectivity index (χ1) is 7.41. The molecule has 0 amide bonds. The Morgan fingerprint density at radius 1 is 1.62 bits per heavy atom. The van der Waals surface area contributed by atoms with E-state index in [2.05, 4.69) is 6.92 Å². The van der Waals surface area contributed by atoms with E-state index in [1.165, 1.54) is 0 Å². The highest BCUT2D eigenvalue weighted by Gasteiger charge is 2.48. The number of aliphatic hydroxyl groups excluding tert-OH is 1. The van der Waals surface area contributed by atoms with Crippen LogP contribution >= 0.6 is 0 Å². The third-order valence-electron chi connectivity index (χ3n) is 4.32. The van der Waals surface area contributed by atoms with Gasteiger partial charge in [0.05, 0.1) is 12.0 Å². The van der Waals surface area contributed by atoms with Gasteiger partial charge in [0, 0.05) is 5.92 Å². The Labute approximate surface area is 97.2 Å². The summed E-state index contributed by atoms with van der Waals surface area (Å²) in [6, 6.07) is 0. The summed E-state index contributed by atoms with van der Waals surface area (Å²) in [5, 5.41) is 9.51. The number of ether oxygens (including phenoxy) is 1. The Bertz CT molecular complexity index is 287. The van der Waals surface area contributed by atoms with E-state index < -0.39 is 0 Å². The average molecular weight is 226 g/mol. The second kappa shape index (κ2) is 4.02. The molecule has 1 aliphatic heterocycles. The van der Waals surface area contributed by atoms with Crippen LogP contribution in [0.4, 0.5) is 0 Å². The Kier molecular flexibility index (Phi) is 2.99. The zero-order chi connectivity index (χ0) is 11.9. The lowest BCUT2D eigenvalue weighted by atomic mass is 9.66. The van der Waals surface area contributed by atoms with E-state index in [0.717, 1.165) is 25.7 Å². The summed E-state index contributed by atoms with van der Waals surface area (Å²) in [4.78, 5) is 11.5. The highest BCUT2D eigenvalue weighted by Crippen LogP contribution is 2.48. The first-order valence-corrected chi connectivity index (χ1v) is 6.30. The maximum atomic E-state index is 11.5. The predicted octanol–water partition coefficient (Wildman–Crippen LogP) is 2.13. The van der Waals surface area contributed by atoms with Gasteiger partial charge in [-0.05, 0) is 38.0 Å². The lowest BCUT2D eigenvalue weighted by molar-refractivity contribution is -0.145. The van der Waals surface area contributed by atoms with Gasteiger partial charge in [-0.15, -0.1) is 0 Å². The maximum absolute atomic E-state index is 11.5. The number of aliphatic hydroxyl groups is 1. The van der Waals surface area contributed by atoms with Gasteiger partial charge < -0.3 is 9.84 Å². The summed E-state index contributed by atoms with van der Waals surface area (Å²) in [5.74, 6) is 0.451. The summed E-state index contributed by atoms with van der Waals surface area (Å²) in [6.45, 7) is 6.01. The number of carbonyl (C=O) groups excluding carboxylic acids is 1. The van der Waals surface area contributed by atoms with E-state index in [9.17, 15) is 9.90 Å². The molecule has 1 saturated carbocycles. The van der Waals surface area contributed by atoms with Crippen molar-refractivity contribution in [2.75, 3.05) is 0 Å². The van der Waals surface area contributed by atoms with Crippen LogP contribution in [0.15, 0.2) is 0 Å². The van der Waals surface area contributed by atoms with Crippen molar-refractivity contribution in [3.05, 3.63) is 0 Å². The fourth-order valence-electron chi connectivity index (χ4n) is 3.47. The van der Waals surface area contributed by atoms with E-state index in [1.807, 2.05) is 13.8 Å². The molecule has 3 heteroatoms. The van der Waals surface area contributed by atoms with Gasteiger partial charge in [0.2, 0.25) is 0 Å². The van der Waals surface area contributed by atoms with Crippen molar-refractivity contribution in [1.29, 1.82) is 0 Å².